The lowest BCUT2D eigenvalue weighted by molar-refractivity contribution is -0.122. The molecule has 1 aromatic carbocycles. The summed E-state index contributed by atoms with van der Waals surface area (Å²) in [6.45, 7) is 5.04. The Bertz CT molecular complexity index is 1130. The van der Waals surface area contributed by atoms with Crippen molar-refractivity contribution < 1.29 is 14.3 Å². The first-order chi connectivity index (χ1) is 15.8. The number of amidine groups is 1. The van der Waals surface area contributed by atoms with Gasteiger partial charge in [0.2, 0.25) is 5.91 Å². The number of fused-ring (bicyclic) bond motifs is 1. The Morgan fingerprint density at radius 3 is 2.91 bits per heavy atom. The first-order valence-corrected chi connectivity index (χ1v) is 11.3. The van der Waals surface area contributed by atoms with E-state index in [2.05, 4.69) is 45.8 Å². The molecule has 2 aromatic rings. The summed E-state index contributed by atoms with van der Waals surface area (Å²) < 4.78 is 5.39. The number of rotatable bonds is 8. The molecule has 9 nitrogen and oxygen atoms in total. The van der Waals surface area contributed by atoms with Crippen LogP contribution in [-0.2, 0) is 4.79 Å². The van der Waals surface area contributed by atoms with E-state index < -0.39 is 5.54 Å². The quantitative estimate of drug-likeness (QED) is 0.489. The van der Waals surface area contributed by atoms with Crippen LogP contribution in [0.1, 0.15) is 43.6 Å². The van der Waals surface area contributed by atoms with E-state index in [9.17, 15) is 14.9 Å². The number of amides is 2. The predicted octanol–water partition coefficient (Wildman–Crippen LogP) is 2.11. The van der Waals surface area contributed by atoms with Crippen LogP contribution in [0, 0.1) is 23.2 Å². The fraction of sp³-hybridized carbons (Fsp3) is 0.500. The van der Waals surface area contributed by atoms with Crippen molar-refractivity contribution in [1.29, 1.82) is 5.26 Å². The van der Waals surface area contributed by atoms with Gasteiger partial charge in [-0.05, 0) is 43.4 Å². The molecule has 0 spiro atoms. The van der Waals surface area contributed by atoms with Gasteiger partial charge in [-0.15, -0.1) is 0 Å². The summed E-state index contributed by atoms with van der Waals surface area (Å²) in [6.07, 6.45) is 1.77. The summed E-state index contributed by atoms with van der Waals surface area (Å²) in [7, 11) is 1.60. The molecule has 1 fully saturated rings. The minimum absolute atomic E-state index is 0.0128. The van der Waals surface area contributed by atoms with Crippen LogP contribution < -0.4 is 20.7 Å². The Kier molecular flexibility index (Phi) is 6.27. The number of H-pyrrole nitrogens is 1. The molecule has 2 aliphatic heterocycles. The molecule has 0 radical (unpaired) electrons. The number of nitrogens with one attached hydrogen (secondary N) is 4. The van der Waals surface area contributed by atoms with Gasteiger partial charge in [0, 0.05) is 23.4 Å². The Morgan fingerprint density at radius 1 is 1.42 bits per heavy atom. The second-order valence-electron chi connectivity index (χ2n) is 9.26. The number of aromatic amines is 1. The zero-order chi connectivity index (χ0) is 23.6. The molecular formula is C24H30N6O3. The number of hydrogen-bond acceptors (Lipinski definition) is 6. The fourth-order valence-corrected chi connectivity index (χ4v) is 4.60. The maximum absolute atomic E-state index is 13.1. The van der Waals surface area contributed by atoms with Crippen molar-refractivity contribution in [3.63, 3.8) is 0 Å². The average Bonchev–Trinajstić information content (AvgIpc) is 3.52. The molecule has 0 bridgehead atoms. The van der Waals surface area contributed by atoms with Crippen LogP contribution in [0.3, 0.4) is 0 Å². The van der Waals surface area contributed by atoms with Crippen LogP contribution in [0.25, 0.3) is 10.9 Å². The number of ether oxygens (including phenoxy) is 1. The van der Waals surface area contributed by atoms with E-state index in [1.807, 2.05) is 18.2 Å². The van der Waals surface area contributed by atoms with Crippen molar-refractivity contribution in [1.82, 2.24) is 20.9 Å². The Hall–Kier alpha value is -3.54. The lowest BCUT2D eigenvalue weighted by Gasteiger charge is -2.27. The SMILES string of the molecule is COc1cccc2[nH]c(C(=O)NC(CC(C)C)C3=NCC(C#N)(CC4CCNC4=O)N3)cc12. The van der Waals surface area contributed by atoms with Gasteiger partial charge in [0.25, 0.3) is 5.91 Å². The summed E-state index contributed by atoms with van der Waals surface area (Å²) in [5.41, 5.74) is 0.307. The zero-order valence-electron chi connectivity index (χ0n) is 19.2. The van der Waals surface area contributed by atoms with Crippen molar-refractivity contribution in [2.75, 3.05) is 20.2 Å². The van der Waals surface area contributed by atoms with Gasteiger partial charge in [-0.1, -0.05) is 19.9 Å². The largest absolute Gasteiger partial charge is 0.496 e. The molecule has 3 atom stereocenters. The van der Waals surface area contributed by atoms with Gasteiger partial charge >= 0.3 is 0 Å². The lowest BCUT2D eigenvalue weighted by Crippen LogP contribution is -2.53. The summed E-state index contributed by atoms with van der Waals surface area (Å²) in [6, 6.07) is 9.35. The molecule has 2 aliphatic rings. The molecule has 9 heteroatoms. The summed E-state index contributed by atoms with van der Waals surface area (Å²) >= 11 is 0. The van der Waals surface area contributed by atoms with E-state index in [-0.39, 0.29) is 30.3 Å². The molecule has 0 saturated carbocycles. The first-order valence-electron chi connectivity index (χ1n) is 11.3. The minimum atomic E-state index is -0.934. The zero-order valence-corrected chi connectivity index (χ0v) is 19.2. The van der Waals surface area contributed by atoms with E-state index in [1.54, 1.807) is 13.2 Å². The van der Waals surface area contributed by atoms with E-state index in [1.165, 1.54) is 0 Å². The summed E-state index contributed by atoms with van der Waals surface area (Å²) in [5, 5.41) is 19.9. The maximum atomic E-state index is 13.1. The van der Waals surface area contributed by atoms with Crippen LogP contribution in [-0.4, -0.2) is 54.4 Å². The average molecular weight is 451 g/mol. The van der Waals surface area contributed by atoms with E-state index in [4.69, 9.17) is 4.74 Å². The van der Waals surface area contributed by atoms with Gasteiger partial charge in [0.15, 0.2) is 0 Å². The van der Waals surface area contributed by atoms with Gasteiger partial charge in [-0.2, -0.15) is 5.26 Å². The highest BCUT2D eigenvalue weighted by Crippen LogP contribution is 2.28. The first kappa shape index (κ1) is 22.6. The number of methoxy groups -OCH3 is 1. The molecule has 3 unspecified atom stereocenters. The van der Waals surface area contributed by atoms with Crippen LogP contribution in [0.5, 0.6) is 5.75 Å². The van der Waals surface area contributed by atoms with Crippen LogP contribution >= 0.6 is 0 Å². The molecule has 1 saturated heterocycles. The summed E-state index contributed by atoms with van der Waals surface area (Å²) in [5.74, 6) is 1.10. The molecule has 1 aromatic heterocycles. The number of nitrogens with zero attached hydrogens (tertiary/aromatic N) is 2. The predicted molar refractivity (Wildman–Crippen MR) is 125 cm³/mol. The molecular weight excluding hydrogens is 420 g/mol. The highest BCUT2D eigenvalue weighted by Gasteiger charge is 2.42. The Labute approximate surface area is 193 Å². The van der Waals surface area contributed by atoms with E-state index in [0.29, 0.717) is 42.6 Å². The van der Waals surface area contributed by atoms with Crippen LogP contribution in [0.2, 0.25) is 0 Å². The summed E-state index contributed by atoms with van der Waals surface area (Å²) in [4.78, 5) is 32.9. The van der Waals surface area contributed by atoms with Crippen molar-refractivity contribution in [2.45, 2.75) is 44.7 Å². The Balaban J connectivity index is 1.51. The number of aliphatic imine (C=N–C) groups is 1. The maximum Gasteiger partial charge on any atom is 0.268 e. The normalized spacial score (nSPS) is 23.1. The molecule has 4 rings (SSSR count). The van der Waals surface area contributed by atoms with E-state index in [0.717, 1.165) is 17.3 Å². The molecule has 4 N–H and O–H groups in total. The number of nitriles is 1. The minimum Gasteiger partial charge on any atom is -0.496 e. The van der Waals surface area contributed by atoms with Crippen molar-refractivity contribution in [3.8, 4) is 11.8 Å². The number of carbonyl (C=O) groups excluding carboxylic acids is 2. The van der Waals surface area contributed by atoms with Gasteiger partial charge in [-0.25, -0.2) is 0 Å². The Morgan fingerprint density at radius 2 is 2.24 bits per heavy atom. The third-order valence-electron chi connectivity index (χ3n) is 6.29. The monoisotopic (exact) mass is 450 g/mol. The van der Waals surface area contributed by atoms with Crippen molar-refractivity contribution in [3.05, 3.63) is 30.0 Å². The van der Waals surface area contributed by atoms with Crippen LogP contribution in [0.15, 0.2) is 29.3 Å². The second-order valence-corrected chi connectivity index (χ2v) is 9.26. The van der Waals surface area contributed by atoms with Gasteiger partial charge in [0.05, 0.1) is 25.8 Å². The second kappa shape index (κ2) is 9.14. The highest BCUT2D eigenvalue weighted by molar-refractivity contribution is 6.02. The molecule has 3 heterocycles. The number of carbonyl (C=O) groups is 2. The number of aromatic nitrogens is 1. The van der Waals surface area contributed by atoms with Gasteiger partial charge < -0.3 is 25.7 Å². The third-order valence-corrected chi connectivity index (χ3v) is 6.29. The molecule has 174 valence electrons. The lowest BCUT2D eigenvalue weighted by atomic mass is 9.88. The van der Waals surface area contributed by atoms with Crippen molar-refractivity contribution in [2.24, 2.45) is 16.8 Å². The fourth-order valence-electron chi connectivity index (χ4n) is 4.60. The van der Waals surface area contributed by atoms with Gasteiger partial charge in [0.1, 0.15) is 22.8 Å². The number of benzene rings is 1. The molecule has 2 amide bonds. The molecule has 33 heavy (non-hydrogen) atoms. The molecule has 0 aliphatic carbocycles. The van der Waals surface area contributed by atoms with Crippen LogP contribution in [0.4, 0.5) is 0 Å². The smallest absolute Gasteiger partial charge is 0.268 e. The van der Waals surface area contributed by atoms with Gasteiger partial charge in [-0.3, -0.25) is 14.6 Å². The van der Waals surface area contributed by atoms with E-state index >= 15 is 0 Å². The number of hydrogen-bond donors (Lipinski definition) is 4. The van der Waals surface area contributed by atoms with Crippen molar-refractivity contribution >= 4 is 28.6 Å². The standard InChI is InChI=1S/C24H30N6O3/c1-14(2)9-18(21-27-13-24(12-25,30-21)11-15-7-8-26-22(15)31)29-23(32)19-10-16-17(28-19)5-4-6-20(16)33-3/h4-6,10,14-15,18,28H,7-9,11,13H2,1-3H3,(H,26,31)(H,27,30)(H,29,32). The highest BCUT2D eigenvalue weighted by atomic mass is 16.5. The topological polar surface area (TPSA) is 131 Å². The third kappa shape index (κ3) is 4.65.